The van der Waals surface area contributed by atoms with E-state index in [1.165, 1.54) is 0 Å². The number of rotatable bonds is 6. The van der Waals surface area contributed by atoms with Gasteiger partial charge >= 0.3 is 6.09 Å². The van der Waals surface area contributed by atoms with E-state index < -0.39 is 36.4 Å². The van der Waals surface area contributed by atoms with Crippen LogP contribution in [0.2, 0.25) is 0 Å². The van der Waals surface area contributed by atoms with Gasteiger partial charge in [0.2, 0.25) is 11.8 Å². The number of aromatic nitrogens is 3. The van der Waals surface area contributed by atoms with Gasteiger partial charge in [0, 0.05) is 11.8 Å². The molecule has 6 N–H and O–H groups in total. The van der Waals surface area contributed by atoms with Gasteiger partial charge in [-0.25, -0.2) is 9.78 Å². The lowest BCUT2D eigenvalue weighted by Gasteiger charge is -2.21. The van der Waals surface area contributed by atoms with Gasteiger partial charge in [-0.1, -0.05) is 42.5 Å². The minimum Gasteiger partial charge on any atom is -0.465 e. The smallest absolute Gasteiger partial charge is 0.405 e. The molecule has 0 spiro atoms. The maximum Gasteiger partial charge on any atom is 0.405 e. The van der Waals surface area contributed by atoms with Crippen molar-refractivity contribution in [3.8, 4) is 22.5 Å². The Balaban J connectivity index is 1.57. The summed E-state index contributed by atoms with van der Waals surface area (Å²) in [7, 11) is 0. The number of primary amides is 1. The maximum atomic E-state index is 13.0. The third kappa shape index (κ3) is 3.71. The highest BCUT2D eigenvalue weighted by molar-refractivity contribution is 5.95. The number of carbonyl (C=O) groups is 3. The predicted octanol–water partition coefficient (Wildman–Crippen LogP) is 2.32. The summed E-state index contributed by atoms with van der Waals surface area (Å²) in [4.78, 5) is 47.7. The standard InChI is InChI=1S/C24H20N6O4/c25-19(31)10-17(29-24(33)34)23(32)30-21-13-5-2-1-4-12(13)20-14(21)6-3-7-15(20)22-27-16-8-9-26-11-18(16)28-22/h1-9,11,17,21,29H,10H2,(H2,25,31)(H,27,28)(H,30,32)(H,33,34)/t17-,21-/m1/s1. The molecule has 0 aliphatic heterocycles. The molecule has 10 heteroatoms. The number of amides is 3. The van der Waals surface area contributed by atoms with E-state index in [4.69, 9.17) is 15.8 Å². The molecule has 0 bridgehead atoms. The second kappa shape index (κ2) is 8.32. The van der Waals surface area contributed by atoms with Gasteiger partial charge in [0.15, 0.2) is 0 Å². The molecule has 0 saturated heterocycles. The Morgan fingerprint density at radius 1 is 1.06 bits per heavy atom. The first-order valence-electron chi connectivity index (χ1n) is 10.5. The van der Waals surface area contributed by atoms with Gasteiger partial charge in [0.1, 0.15) is 11.9 Å². The third-order valence-electron chi connectivity index (χ3n) is 5.79. The van der Waals surface area contributed by atoms with Crippen LogP contribution in [0.3, 0.4) is 0 Å². The average molecular weight is 456 g/mol. The molecule has 2 aromatic carbocycles. The van der Waals surface area contributed by atoms with Crippen LogP contribution in [-0.4, -0.2) is 44.0 Å². The lowest BCUT2D eigenvalue weighted by atomic mass is 9.98. The number of hydrogen-bond acceptors (Lipinski definition) is 5. The highest BCUT2D eigenvalue weighted by Crippen LogP contribution is 2.47. The molecule has 5 rings (SSSR count). The van der Waals surface area contributed by atoms with Crippen LogP contribution in [0.25, 0.3) is 33.5 Å². The van der Waals surface area contributed by atoms with Gasteiger partial charge in [-0.05, 0) is 28.3 Å². The Morgan fingerprint density at radius 2 is 1.82 bits per heavy atom. The molecule has 2 aromatic heterocycles. The largest absolute Gasteiger partial charge is 0.465 e. The molecule has 170 valence electrons. The van der Waals surface area contributed by atoms with Crippen molar-refractivity contribution in [2.45, 2.75) is 18.5 Å². The van der Waals surface area contributed by atoms with Crippen LogP contribution in [0.15, 0.2) is 60.9 Å². The van der Waals surface area contributed by atoms with Crippen LogP contribution in [0, 0.1) is 0 Å². The summed E-state index contributed by atoms with van der Waals surface area (Å²) < 4.78 is 0. The number of carboxylic acid groups (broad SMARTS) is 1. The molecule has 0 unspecified atom stereocenters. The van der Waals surface area contributed by atoms with E-state index in [2.05, 4.69) is 20.6 Å². The summed E-state index contributed by atoms with van der Waals surface area (Å²) in [5.41, 5.74) is 11.2. The van der Waals surface area contributed by atoms with Crippen molar-refractivity contribution in [2.24, 2.45) is 5.73 Å². The van der Waals surface area contributed by atoms with Gasteiger partial charge in [-0.2, -0.15) is 0 Å². The Morgan fingerprint density at radius 3 is 2.59 bits per heavy atom. The molecule has 2 atom stereocenters. The zero-order chi connectivity index (χ0) is 23.8. The third-order valence-corrected chi connectivity index (χ3v) is 5.79. The molecular weight excluding hydrogens is 436 g/mol. The monoisotopic (exact) mass is 456 g/mol. The SMILES string of the molecule is NC(=O)C[C@@H](NC(=O)O)C(=O)N[C@@H]1c2ccccc2-c2c(-c3nc4ccncc4[nH]3)cccc21. The van der Waals surface area contributed by atoms with Crippen molar-refractivity contribution in [1.29, 1.82) is 0 Å². The highest BCUT2D eigenvalue weighted by atomic mass is 16.4. The molecule has 1 aliphatic rings. The summed E-state index contributed by atoms with van der Waals surface area (Å²) in [5.74, 6) is -0.766. The normalized spacial score (nSPS) is 14.8. The van der Waals surface area contributed by atoms with Crippen LogP contribution in [0.4, 0.5) is 4.79 Å². The lowest BCUT2D eigenvalue weighted by molar-refractivity contribution is -0.127. The summed E-state index contributed by atoms with van der Waals surface area (Å²) in [6.45, 7) is 0. The number of fused-ring (bicyclic) bond motifs is 4. The molecule has 3 amide bonds. The van der Waals surface area contributed by atoms with Crippen molar-refractivity contribution in [3.05, 3.63) is 72.1 Å². The summed E-state index contributed by atoms with van der Waals surface area (Å²) in [5, 5.41) is 14.0. The number of benzene rings is 2. The zero-order valence-electron chi connectivity index (χ0n) is 17.8. The van der Waals surface area contributed by atoms with Crippen LogP contribution in [0.1, 0.15) is 23.6 Å². The fraction of sp³-hybridized carbons (Fsp3) is 0.125. The van der Waals surface area contributed by atoms with Gasteiger partial charge in [-0.15, -0.1) is 0 Å². The van der Waals surface area contributed by atoms with E-state index in [9.17, 15) is 14.4 Å². The summed E-state index contributed by atoms with van der Waals surface area (Å²) in [6.07, 6.45) is 1.51. The number of nitrogens with zero attached hydrogens (tertiary/aromatic N) is 2. The van der Waals surface area contributed by atoms with E-state index in [0.717, 1.165) is 38.9 Å². The molecule has 4 aromatic rings. The minimum atomic E-state index is -1.42. The Kier molecular flexibility index (Phi) is 5.17. The van der Waals surface area contributed by atoms with Gasteiger partial charge in [0.05, 0.1) is 29.7 Å². The number of nitrogens with one attached hydrogen (secondary N) is 3. The zero-order valence-corrected chi connectivity index (χ0v) is 17.8. The van der Waals surface area contributed by atoms with Crippen molar-refractivity contribution in [1.82, 2.24) is 25.6 Å². The van der Waals surface area contributed by atoms with E-state index in [0.29, 0.717) is 5.82 Å². The van der Waals surface area contributed by atoms with Crippen molar-refractivity contribution >= 4 is 28.9 Å². The number of hydrogen-bond donors (Lipinski definition) is 5. The van der Waals surface area contributed by atoms with Crippen LogP contribution < -0.4 is 16.4 Å². The van der Waals surface area contributed by atoms with Crippen molar-refractivity contribution in [2.75, 3.05) is 0 Å². The van der Waals surface area contributed by atoms with Gasteiger partial charge < -0.3 is 26.5 Å². The summed E-state index contributed by atoms with van der Waals surface area (Å²) >= 11 is 0. The minimum absolute atomic E-state index is 0.452. The van der Waals surface area contributed by atoms with Crippen molar-refractivity contribution < 1.29 is 19.5 Å². The predicted molar refractivity (Wildman–Crippen MR) is 124 cm³/mol. The van der Waals surface area contributed by atoms with E-state index >= 15 is 0 Å². The molecule has 2 heterocycles. The maximum absolute atomic E-state index is 13.0. The lowest BCUT2D eigenvalue weighted by Crippen LogP contribution is -2.49. The van der Waals surface area contributed by atoms with E-state index in [-0.39, 0.29) is 0 Å². The van der Waals surface area contributed by atoms with Crippen molar-refractivity contribution in [3.63, 3.8) is 0 Å². The van der Waals surface area contributed by atoms with Gasteiger partial charge in [-0.3, -0.25) is 14.6 Å². The Bertz CT molecular complexity index is 1400. The Labute approximate surface area is 193 Å². The molecular formula is C24H20N6O4. The van der Waals surface area contributed by atoms with E-state index in [1.807, 2.05) is 48.5 Å². The molecule has 10 nitrogen and oxygen atoms in total. The highest BCUT2D eigenvalue weighted by Gasteiger charge is 2.34. The number of H-pyrrole nitrogens is 1. The number of aromatic amines is 1. The molecule has 1 aliphatic carbocycles. The van der Waals surface area contributed by atoms with Gasteiger partial charge in [0.25, 0.3) is 0 Å². The topological polar surface area (TPSA) is 163 Å². The number of carbonyl (C=O) groups excluding carboxylic acids is 2. The van der Waals surface area contributed by atoms with Crippen LogP contribution >= 0.6 is 0 Å². The van der Waals surface area contributed by atoms with Crippen LogP contribution in [-0.2, 0) is 9.59 Å². The fourth-order valence-electron chi connectivity index (χ4n) is 4.39. The second-order valence-electron chi connectivity index (χ2n) is 7.95. The Hall–Kier alpha value is -4.73. The van der Waals surface area contributed by atoms with E-state index in [1.54, 1.807) is 12.4 Å². The molecule has 34 heavy (non-hydrogen) atoms. The fourth-order valence-corrected chi connectivity index (χ4v) is 4.39. The first-order valence-corrected chi connectivity index (χ1v) is 10.5. The quantitative estimate of drug-likeness (QED) is 0.299. The first-order chi connectivity index (χ1) is 16.4. The molecule has 0 radical (unpaired) electrons. The number of pyridine rings is 1. The molecule has 0 saturated carbocycles. The molecule has 0 fully saturated rings. The average Bonchev–Trinajstić information content (AvgIpc) is 3.38. The summed E-state index contributed by atoms with van der Waals surface area (Å²) in [6, 6.07) is 13.3. The number of imidazole rings is 1. The second-order valence-corrected chi connectivity index (χ2v) is 7.95. The first kappa shape index (κ1) is 21.1. The van der Waals surface area contributed by atoms with Crippen LogP contribution in [0.5, 0.6) is 0 Å². The number of nitrogens with two attached hydrogens (primary N) is 1.